The second-order valence-corrected chi connectivity index (χ2v) is 6.74. The number of nitrogens with two attached hydrogens (primary N) is 1. The molecule has 1 aromatic heterocycles. The molecular weight excluding hydrogens is 360 g/mol. The van der Waals surface area contributed by atoms with Crippen LogP contribution < -0.4 is 15.2 Å². The summed E-state index contributed by atoms with van der Waals surface area (Å²) in [6.07, 6.45) is 0. The van der Waals surface area contributed by atoms with Gasteiger partial charge in [-0.3, -0.25) is 9.82 Å². The predicted octanol–water partition coefficient (Wildman–Crippen LogP) is 1.75. The van der Waals surface area contributed by atoms with E-state index in [0.717, 1.165) is 0 Å². The average molecular weight is 375 g/mol. The fourth-order valence-corrected chi connectivity index (χ4v) is 3.63. The van der Waals surface area contributed by atoms with E-state index in [4.69, 9.17) is 10.5 Å². The second kappa shape index (κ2) is 6.04. The van der Waals surface area contributed by atoms with Crippen LogP contribution in [0.4, 0.5) is 5.69 Å². The highest BCUT2D eigenvalue weighted by Crippen LogP contribution is 2.29. The quantitative estimate of drug-likeness (QED) is 0.738. The number of anilines is 1. The number of benzene rings is 1. The van der Waals surface area contributed by atoms with E-state index in [0.29, 0.717) is 27.2 Å². The number of nitrogens with zero attached hydrogens (tertiary/aromatic N) is 1. The molecule has 0 radical (unpaired) electrons. The molecule has 0 fully saturated rings. The second-order valence-electron chi connectivity index (χ2n) is 4.29. The molecule has 4 N–H and O–H groups in total. The third-order valence-corrected chi connectivity index (χ3v) is 4.87. The van der Waals surface area contributed by atoms with Crippen LogP contribution in [0.1, 0.15) is 11.3 Å². The first kappa shape index (κ1) is 15.8. The number of aryl methyl sites for hydroxylation is 1. The summed E-state index contributed by atoms with van der Waals surface area (Å²) >= 11 is 3.30. The Morgan fingerprint density at radius 3 is 2.76 bits per heavy atom. The molecule has 21 heavy (non-hydrogen) atoms. The van der Waals surface area contributed by atoms with Crippen molar-refractivity contribution in [2.45, 2.75) is 18.5 Å². The van der Waals surface area contributed by atoms with Crippen LogP contribution in [-0.2, 0) is 16.6 Å². The minimum Gasteiger partial charge on any atom is -0.496 e. The minimum atomic E-state index is -3.81. The Kier molecular flexibility index (Phi) is 4.55. The fourth-order valence-electron chi connectivity index (χ4n) is 1.83. The summed E-state index contributed by atoms with van der Waals surface area (Å²) in [5.41, 5.74) is 7.07. The monoisotopic (exact) mass is 374 g/mol. The summed E-state index contributed by atoms with van der Waals surface area (Å²) in [7, 11) is -2.27. The maximum absolute atomic E-state index is 12.4. The maximum atomic E-state index is 12.4. The van der Waals surface area contributed by atoms with Gasteiger partial charge in [-0.05, 0) is 41.1 Å². The highest BCUT2D eigenvalue weighted by atomic mass is 79.9. The largest absolute Gasteiger partial charge is 0.496 e. The van der Waals surface area contributed by atoms with Gasteiger partial charge >= 0.3 is 0 Å². The van der Waals surface area contributed by atoms with Gasteiger partial charge in [0.05, 0.1) is 17.3 Å². The van der Waals surface area contributed by atoms with E-state index in [1.54, 1.807) is 25.1 Å². The standard InChI is InChI=1S/C12H15BrN4O3S/c1-7-9(6-14)12(16-15-7)21(18,19)17-8-3-4-11(20-2)10(13)5-8/h3-5,17H,6,14H2,1-2H3,(H,15,16). The van der Waals surface area contributed by atoms with E-state index < -0.39 is 10.0 Å². The van der Waals surface area contributed by atoms with Gasteiger partial charge in [0.1, 0.15) is 5.75 Å². The zero-order chi connectivity index (χ0) is 15.6. The molecule has 0 saturated carbocycles. The molecular formula is C12H15BrN4O3S. The number of methoxy groups -OCH3 is 1. The Labute approximate surface area is 131 Å². The van der Waals surface area contributed by atoms with Crippen LogP contribution in [0.5, 0.6) is 5.75 Å². The first-order chi connectivity index (χ1) is 9.89. The van der Waals surface area contributed by atoms with E-state index >= 15 is 0 Å². The van der Waals surface area contributed by atoms with E-state index in [-0.39, 0.29) is 11.6 Å². The Bertz CT molecular complexity index is 758. The summed E-state index contributed by atoms with van der Waals surface area (Å²) in [6, 6.07) is 4.86. The number of hydrogen-bond acceptors (Lipinski definition) is 5. The first-order valence-electron chi connectivity index (χ1n) is 5.99. The number of nitrogens with one attached hydrogen (secondary N) is 2. The molecule has 0 bridgehead atoms. The van der Waals surface area contributed by atoms with Crippen LogP contribution in [0.2, 0.25) is 0 Å². The van der Waals surface area contributed by atoms with E-state index in [9.17, 15) is 8.42 Å². The van der Waals surface area contributed by atoms with Gasteiger partial charge in [-0.15, -0.1) is 0 Å². The summed E-state index contributed by atoms with van der Waals surface area (Å²) in [5, 5.41) is 6.36. The van der Waals surface area contributed by atoms with Crippen molar-refractivity contribution in [2.24, 2.45) is 5.73 Å². The highest BCUT2D eigenvalue weighted by molar-refractivity contribution is 9.10. The zero-order valence-electron chi connectivity index (χ0n) is 11.5. The topological polar surface area (TPSA) is 110 Å². The number of ether oxygens (including phenoxy) is 1. The Morgan fingerprint density at radius 1 is 1.48 bits per heavy atom. The first-order valence-corrected chi connectivity index (χ1v) is 8.27. The van der Waals surface area contributed by atoms with Crippen LogP contribution in [0.25, 0.3) is 0 Å². The Morgan fingerprint density at radius 2 is 2.19 bits per heavy atom. The third-order valence-electron chi connectivity index (χ3n) is 2.90. The van der Waals surface area contributed by atoms with Gasteiger partial charge in [0, 0.05) is 17.8 Å². The lowest BCUT2D eigenvalue weighted by atomic mass is 10.3. The molecule has 2 rings (SSSR count). The molecule has 9 heteroatoms. The van der Waals surface area contributed by atoms with Crippen molar-refractivity contribution in [1.82, 2.24) is 10.2 Å². The molecule has 1 aromatic carbocycles. The van der Waals surface area contributed by atoms with Gasteiger partial charge in [0.2, 0.25) is 5.03 Å². The van der Waals surface area contributed by atoms with Crippen molar-refractivity contribution in [3.05, 3.63) is 33.9 Å². The number of aromatic nitrogens is 2. The SMILES string of the molecule is COc1ccc(NS(=O)(=O)c2n[nH]c(C)c2CN)cc1Br. The van der Waals surface area contributed by atoms with Crippen LogP contribution in [0.15, 0.2) is 27.7 Å². The number of hydrogen-bond donors (Lipinski definition) is 3. The molecule has 7 nitrogen and oxygen atoms in total. The molecule has 0 aliphatic heterocycles. The summed E-state index contributed by atoms with van der Waals surface area (Å²) in [5.74, 6) is 0.608. The molecule has 0 atom stereocenters. The van der Waals surface area contributed by atoms with E-state index in [1.165, 1.54) is 7.11 Å². The third kappa shape index (κ3) is 3.20. The van der Waals surface area contributed by atoms with Crippen molar-refractivity contribution >= 4 is 31.6 Å². The lowest BCUT2D eigenvalue weighted by Crippen LogP contribution is -2.16. The lowest BCUT2D eigenvalue weighted by molar-refractivity contribution is 0.412. The van der Waals surface area contributed by atoms with Crippen molar-refractivity contribution in [2.75, 3.05) is 11.8 Å². The number of rotatable bonds is 5. The number of H-pyrrole nitrogens is 1. The molecule has 0 unspecified atom stereocenters. The predicted molar refractivity (Wildman–Crippen MR) is 82.7 cm³/mol. The maximum Gasteiger partial charge on any atom is 0.281 e. The van der Waals surface area contributed by atoms with Gasteiger partial charge in [-0.1, -0.05) is 0 Å². The van der Waals surface area contributed by atoms with Crippen LogP contribution >= 0.6 is 15.9 Å². The van der Waals surface area contributed by atoms with Gasteiger partial charge in [0.25, 0.3) is 10.0 Å². The summed E-state index contributed by atoms with van der Waals surface area (Å²) in [4.78, 5) is 0. The van der Waals surface area contributed by atoms with Crippen LogP contribution in [0.3, 0.4) is 0 Å². The summed E-state index contributed by atoms with van der Waals surface area (Å²) < 4.78 is 32.9. The average Bonchev–Trinajstić information content (AvgIpc) is 2.80. The van der Waals surface area contributed by atoms with Crippen molar-refractivity contribution in [1.29, 1.82) is 0 Å². The Hall–Kier alpha value is -1.58. The van der Waals surface area contributed by atoms with Gasteiger partial charge < -0.3 is 10.5 Å². The number of halogens is 1. The van der Waals surface area contributed by atoms with Crippen LogP contribution in [0, 0.1) is 6.92 Å². The van der Waals surface area contributed by atoms with Gasteiger partial charge in [-0.2, -0.15) is 13.5 Å². The minimum absolute atomic E-state index is 0.0882. The lowest BCUT2D eigenvalue weighted by Gasteiger charge is -2.09. The number of aromatic amines is 1. The Balaban J connectivity index is 2.35. The highest BCUT2D eigenvalue weighted by Gasteiger charge is 2.23. The molecule has 0 aliphatic rings. The molecule has 0 saturated heterocycles. The molecule has 1 heterocycles. The molecule has 2 aromatic rings. The van der Waals surface area contributed by atoms with Gasteiger partial charge in [0.15, 0.2) is 0 Å². The smallest absolute Gasteiger partial charge is 0.281 e. The fraction of sp³-hybridized carbons (Fsp3) is 0.250. The zero-order valence-corrected chi connectivity index (χ0v) is 13.9. The van der Waals surface area contributed by atoms with E-state index in [1.807, 2.05) is 0 Å². The van der Waals surface area contributed by atoms with Crippen molar-refractivity contribution in [3.63, 3.8) is 0 Å². The number of sulfonamides is 1. The van der Waals surface area contributed by atoms with Crippen LogP contribution in [-0.4, -0.2) is 25.7 Å². The molecule has 0 spiro atoms. The van der Waals surface area contributed by atoms with E-state index in [2.05, 4.69) is 30.8 Å². The molecule has 0 amide bonds. The van der Waals surface area contributed by atoms with Gasteiger partial charge in [-0.25, -0.2) is 0 Å². The molecule has 0 aliphatic carbocycles. The van der Waals surface area contributed by atoms with Crippen molar-refractivity contribution < 1.29 is 13.2 Å². The van der Waals surface area contributed by atoms with Crippen molar-refractivity contribution in [3.8, 4) is 5.75 Å². The molecule has 114 valence electrons. The summed E-state index contributed by atoms with van der Waals surface area (Å²) in [6.45, 7) is 1.81. The normalized spacial score (nSPS) is 11.4.